The molecule has 0 fully saturated rings. The molecule has 0 saturated heterocycles. The van der Waals surface area contributed by atoms with Crippen LogP contribution in [0.15, 0.2) is 23.2 Å². The van der Waals surface area contributed by atoms with Gasteiger partial charge in [-0.25, -0.2) is 4.39 Å². The number of hydrogen-bond donors (Lipinski definition) is 1. The first kappa shape index (κ1) is 10.9. The van der Waals surface area contributed by atoms with Crippen LogP contribution >= 0.6 is 22.6 Å². The molecule has 0 aromatic heterocycles. The van der Waals surface area contributed by atoms with Crippen molar-refractivity contribution < 1.29 is 4.39 Å². The van der Waals surface area contributed by atoms with Gasteiger partial charge in [-0.3, -0.25) is 0 Å². The highest BCUT2D eigenvalue weighted by Crippen LogP contribution is 2.11. The molecule has 0 heterocycles. The SMILES string of the molecule is CC/C(F)=C(C)\C=C(\N)CI. The van der Waals surface area contributed by atoms with Gasteiger partial charge >= 0.3 is 0 Å². The van der Waals surface area contributed by atoms with Crippen molar-refractivity contribution in [2.75, 3.05) is 4.43 Å². The van der Waals surface area contributed by atoms with Crippen LogP contribution in [0.25, 0.3) is 0 Å². The molecule has 0 spiro atoms. The van der Waals surface area contributed by atoms with Crippen molar-refractivity contribution in [2.24, 2.45) is 5.73 Å². The minimum absolute atomic E-state index is 0.0854. The van der Waals surface area contributed by atoms with Crippen LogP contribution in [-0.4, -0.2) is 4.43 Å². The van der Waals surface area contributed by atoms with E-state index in [1.54, 1.807) is 19.9 Å². The second-order valence-electron chi connectivity index (χ2n) is 2.29. The first-order valence-corrected chi connectivity index (χ1v) is 5.01. The number of alkyl halides is 1. The fourth-order valence-corrected chi connectivity index (χ4v) is 0.894. The molecule has 0 aliphatic rings. The average Bonchev–Trinajstić information content (AvgIpc) is 2.02. The van der Waals surface area contributed by atoms with E-state index in [4.69, 9.17) is 5.73 Å². The fraction of sp³-hybridized carbons (Fsp3) is 0.500. The van der Waals surface area contributed by atoms with Gasteiger partial charge in [0.1, 0.15) is 5.83 Å². The predicted molar refractivity (Wildman–Crippen MR) is 55.3 cm³/mol. The summed E-state index contributed by atoms with van der Waals surface area (Å²) >= 11 is 2.14. The molecule has 0 saturated carbocycles. The molecule has 0 rings (SSSR count). The second-order valence-corrected chi connectivity index (χ2v) is 3.06. The summed E-state index contributed by atoms with van der Waals surface area (Å²) in [6.45, 7) is 3.52. The Hall–Kier alpha value is -0.0600. The zero-order chi connectivity index (χ0) is 8.85. The lowest BCUT2D eigenvalue weighted by molar-refractivity contribution is 0.595. The molecule has 0 aliphatic heterocycles. The van der Waals surface area contributed by atoms with Gasteiger partial charge < -0.3 is 5.73 Å². The lowest BCUT2D eigenvalue weighted by Gasteiger charge is -1.97. The number of hydrogen-bond acceptors (Lipinski definition) is 1. The van der Waals surface area contributed by atoms with E-state index < -0.39 is 0 Å². The van der Waals surface area contributed by atoms with Crippen molar-refractivity contribution in [3.63, 3.8) is 0 Å². The summed E-state index contributed by atoms with van der Waals surface area (Å²) < 4.78 is 13.5. The van der Waals surface area contributed by atoms with Gasteiger partial charge in [0.25, 0.3) is 0 Å². The average molecular weight is 269 g/mol. The zero-order valence-corrected chi connectivity index (χ0v) is 8.98. The van der Waals surface area contributed by atoms with Crippen molar-refractivity contribution >= 4 is 22.6 Å². The summed E-state index contributed by atoms with van der Waals surface area (Å²) in [4.78, 5) is 0. The molecule has 0 aromatic rings. The molecule has 0 radical (unpaired) electrons. The quantitative estimate of drug-likeness (QED) is 0.476. The van der Waals surface area contributed by atoms with Crippen molar-refractivity contribution in [3.05, 3.63) is 23.2 Å². The van der Waals surface area contributed by atoms with Gasteiger partial charge in [0, 0.05) is 10.1 Å². The minimum atomic E-state index is -0.0854. The molecule has 64 valence electrons. The summed E-state index contributed by atoms with van der Waals surface area (Å²) in [5, 5.41) is 0. The van der Waals surface area contributed by atoms with Crippen molar-refractivity contribution in [1.82, 2.24) is 0 Å². The standard InChI is InChI=1S/C8H13FIN/c1-3-8(9)6(2)4-7(11)5-10/h4H,3,5,11H2,1-2H3/b7-4+,8-6+. The van der Waals surface area contributed by atoms with Gasteiger partial charge in [-0.15, -0.1) is 0 Å². The molecular formula is C8H13FIN. The van der Waals surface area contributed by atoms with Crippen LogP contribution in [0.4, 0.5) is 4.39 Å². The Morgan fingerprint density at radius 1 is 1.64 bits per heavy atom. The van der Waals surface area contributed by atoms with E-state index in [0.29, 0.717) is 17.7 Å². The van der Waals surface area contributed by atoms with Crippen LogP contribution in [0.1, 0.15) is 20.3 Å². The lowest BCUT2D eigenvalue weighted by Crippen LogP contribution is -1.98. The Labute approximate surface area is 80.7 Å². The maximum Gasteiger partial charge on any atom is 0.103 e. The van der Waals surface area contributed by atoms with Crippen molar-refractivity contribution in [3.8, 4) is 0 Å². The van der Waals surface area contributed by atoms with E-state index in [9.17, 15) is 4.39 Å². The summed E-state index contributed by atoms with van der Waals surface area (Å²) in [6.07, 6.45) is 2.13. The zero-order valence-electron chi connectivity index (χ0n) is 6.82. The maximum absolute atomic E-state index is 12.8. The molecule has 11 heavy (non-hydrogen) atoms. The van der Waals surface area contributed by atoms with E-state index in [1.807, 2.05) is 0 Å². The van der Waals surface area contributed by atoms with Crippen LogP contribution in [-0.2, 0) is 0 Å². The summed E-state index contributed by atoms with van der Waals surface area (Å²) in [7, 11) is 0. The van der Waals surface area contributed by atoms with E-state index in [2.05, 4.69) is 22.6 Å². The Balaban J connectivity index is 4.37. The topological polar surface area (TPSA) is 26.0 Å². The van der Waals surface area contributed by atoms with Gasteiger partial charge in [-0.1, -0.05) is 29.5 Å². The molecule has 0 bridgehead atoms. The van der Waals surface area contributed by atoms with Gasteiger partial charge in [0.2, 0.25) is 0 Å². The van der Waals surface area contributed by atoms with Crippen LogP contribution in [0.2, 0.25) is 0 Å². The van der Waals surface area contributed by atoms with Crippen molar-refractivity contribution in [1.29, 1.82) is 0 Å². The third-order valence-corrected chi connectivity index (χ3v) is 2.18. The predicted octanol–water partition coefficient (Wildman–Crippen LogP) is 2.92. The first-order valence-electron chi connectivity index (χ1n) is 3.49. The second kappa shape index (κ2) is 5.57. The van der Waals surface area contributed by atoms with Crippen LogP contribution in [0.3, 0.4) is 0 Å². The van der Waals surface area contributed by atoms with Crippen LogP contribution in [0.5, 0.6) is 0 Å². The normalized spacial score (nSPS) is 14.7. The molecule has 0 atom stereocenters. The van der Waals surface area contributed by atoms with E-state index >= 15 is 0 Å². The molecule has 0 aromatic carbocycles. The largest absolute Gasteiger partial charge is 0.401 e. The summed E-state index contributed by atoms with van der Waals surface area (Å²) in [5.74, 6) is -0.0854. The maximum atomic E-state index is 12.8. The third-order valence-electron chi connectivity index (χ3n) is 1.29. The minimum Gasteiger partial charge on any atom is -0.401 e. The smallest absolute Gasteiger partial charge is 0.103 e. The molecule has 0 aliphatic carbocycles. The number of halogens is 2. The van der Waals surface area contributed by atoms with Gasteiger partial charge in [0.15, 0.2) is 0 Å². The highest BCUT2D eigenvalue weighted by Gasteiger charge is 1.95. The van der Waals surface area contributed by atoms with Gasteiger partial charge in [-0.05, 0) is 25.0 Å². The number of rotatable bonds is 3. The summed E-state index contributed by atoms with van der Waals surface area (Å²) in [5.41, 5.74) is 6.87. The Kier molecular flexibility index (Phi) is 5.54. The molecule has 1 nitrogen and oxygen atoms in total. The fourth-order valence-electron chi connectivity index (χ4n) is 0.674. The van der Waals surface area contributed by atoms with E-state index in [1.165, 1.54) is 0 Å². The monoisotopic (exact) mass is 269 g/mol. The van der Waals surface area contributed by atoms with Crippen LogP contribution in [0, 0.1) is 0 Å². The Morgan fingerprint density at radius 3 is 2.55 bits per heavy atom. The molecule has 0 unspecified atom stereocenters. The Bertz CT molecular complexity index is 185. The molecule has 3 heteroatoms. The van der Waals surface area contributed by atoms with Gasteiger partial charge in [0.05, 0.1) is 0 Å². The Morgan fingerprint density at radius 2 is 2.18 bits per heavy atom. The molecule has 0 amide bonds. The first-order chi connectivity index (χ1) is 5.11. The van der Waals surface area contributed by atoms with E-state index in [0.717, 1.165) is 4.43 Å². The summed E-state index contributed by atoms with van der Waals surface area (Å²) in [6, 6.07) is 0. The van der Waals surface area contributed by atoms with Crippen LogP contribution < -0.4 is 5.73 Å². The molecule has 2 N–H and O–H groups in total. The lowest BCUT2D eigenvalue weighted by atomic mass is 10.2. The van der Waals surface area contributed by atoms with Crippen molar-refractivity contribution in [2.45, 2.75) is 20.3 Å². The number of allylic oxidation sites excluding steroid dienone is 4. The van der Waals surface area contributed by atoms with Gasteiger partial charge in [-0.2, -0.15) is 0 Å². The number of nitrogens with two attached hydrogens (primary N) is 1. The third kappa shape index (κ3) is 4.40. The highest BCUT2D eigenvalue weighted by molar-refractivity contribution is 14.1. The highest BCUT2D eigenvalue weighted by atomic mass is 127. The van der Waals surface area contributed by atoms with E-state index in [-0.39, 0.29) is 5.83 Å². The molecular weight excluding hydrogens is 256 g/mol.